The van der Waals surface area contributed by atoms with Crippen molar-refractivity contribution in [3.8, 4) is 5.75 Å². The van der Waals surface area contributed by atoms with Crippen molar-refractivity contribution >= 4 is 17.5 Å². The fourth-order valence-electron chi connectivity index (χ4n) is 6.76. The summed E-state index contributed by atoms with van der Waals surface area (Å²) in [4.78, 5) is 40.5. The van der Waals surface area contributed by atoms with Crippen LogP contribution in [0.4, 0.5) is 13.2 Å². The Hall–Kier alpha value is -3.46. The number of Topliss-reactive ketones (excluding diaryl/α,β-unsaturated/α-hetero) is 2. The van der Waals surface area contributed by atoms with Gasteiger partial charge in [-0.25, -0.2) is 0 Å². The van der Waals surface area contributed by atoms with Gasteiger partial charge in [0.25, 0.3) is 5.91 Å². The van der Waals surface area contributed by atoms with E-state index in [2.05, 4.69) is 5.32 Å². The average molecular weight is 612 g/mol. The number of amides is 1. The number of likely N-dealkylation sites (N-methyl/N-ethyl adjacent to an activating group) is 1. The van der Waals surface area contributed by atoms with Gasteiger partial charge in [-0.2, -0.15) is 13.2 Å². The number of nitrogens with two attached hydrogens (primary N) is 1. The van der Waals surface area contributed by atoms with E-state index in [4.69, 9.17) is 5.73 Å². The number of phenols is 1. The number of carbonyl (C=O) groups excluding carboxylic acids is 3. The van der Waals surface area contributed by atoms with Crippen LogP contribution in [0, 0.1) is 17.3 Å². The van der Waals surface area contributed by atoms with Gasteiger partial charge in [-0.15, -0.1) is 0 Å². The second kappa shape index (κ2) is 10.6. The van der Waals surface area contributed by atoms with Gasteiger partial charge in [-0.05, 0) is 55.5 Å². The highest BCUT2D eigenvalue weighted by Gasteiger charge is 2.63. The number of aliphatic hydroxyl groups excluding tert-OH is 3. The van der Waals surface area contributed by atoms with E-state index in [1.807, 2.05) is 0 Å². The van der Waals surface area contributed by atoms with Crippen LogP contribution in [0.1, 0.15) is 54.2 Å². The summed E-state index contributed by atoms with van der Waals surface area (Å²) < 4.78 is 43.9. The van der Waals surface area contributed by atoms with Crippen LogP contribution < -0.4 is 11.1 Å². The number of halogens is 3. The predicted molar refractivity (Wildman–Crippen MR) is 146 cm³/mol. The van der Waals surface area contributed by atoms with E-state index in [0.29, 0.717) is 0 Å². The van der Waals surface area contributed by atoms with Gasteiger partial charge in [0.2, 0.25) is 5.78 Å². The van der Waals surface area contributed by atoms with E-state index in [1.54, 1.807) is 20.8 Å². The molecule has 3 aliphatic rings. The summed E-state index contributed by atoms with van der Waals surface area (Å²) in [6.45, 7) is 4.59. The number of phenolic OH excluding ortho intramolecular Hbond substituents is 1. The molecule has 1 amide bonds. The number of aromatic hydroxyl groups is 1. The molecular weight excluding hydrogens is 575 g/mol. The second-order valence-corrected chi connectivity index (χ2v) is 12.7. The van der Waals surface area contributed by atoms with Crippen LogP contribution in [-0.4, -0.2) is 86.3 Å². The Balaban J connectivity index is 1.91. The number of allylic oxidation sites excluding steroid dienone is 1. The Bertz CT molecular complexity index is 1460. The van der Waals surface area contributed by atoms with E-state index < -0.39 is 117 Å². The topological polar surface area (TPSA) is 194 Å². The van der Waals surface area contributed by atoms with Gasteiger partial charge >= 0.3 is 6.18 Å². The molecule has 236 valence electrons. The maximum absolute atomic E-state index is 14.6. The molecule has 5 atom stereocenters. The zero-order valence-corrected chi connectivity index (χ0v) is 24.3. The molecule has 0 unspecified atom stereocenters. The van der Waals surface area contributed by atoms with Gasteiger partial charge in [0.15, 0.2) is 11.4 Å². The SMILES string of the molecule is CN(C)[C@@H]1C(O)=C(C(N)=O)C(=O)[C@@]2(O)C(O)=C3C(=O)c4c(O)cc(CN[C@H](CO)C(C)(C)C)c(C(F)(F)F)c4C[C@H]3C[C@@H]12. The lowest BCUT2D eigenvalue weighted by molar-refractivity contribution is -0.148. The third-order valence-electron chi connectivity index (χ3n) is 8.86. The van der Waals surface area contributed by atoms with Crippen LogP contribution in [0.3, 0.4) is 0 Å². The van der Waals surface area contributed by atoms with E-state index in [1.165, 1.54) is 19.0 Å². The number of hydrogen-bond acceptors (Lipinski definition) is 10. The van der Waals surface area contributed by atoms with Crippen molar-refractivity contribution in [1.82, 2.24) is 10.2 Å². The monoisotopic (exact) mass is 611 g/mol. The normalized spacial score (nSPS) is 26.8. The standard InChI is InChI=1S/C29H36F3N3O8/c1-27(2,3)16(10-36)34-9-12-8-15(37)18-13(20(12)29(30,31)32)6-11-7-14-21(35(4)5)23(39)19(26(33)42)25(41)28(14,43)24(40)17(11)22(18)38/h8,11,14,16,21,34,36-37,39-40,43H,6-7,9-10H2,1-5H3,(H2,33,42)/t11-,14-,16+,21-,28-/m0/s1. The molecule has 0 aliphatic heterocycles. The summed E-state index contributed by atoms with van der Waals surface area (Å²) in [6, 6.07) is -1.08. The minimum atomic E-state index is -4.98. The number of primary amides is 1. The van der Waals surface area contributed by atoms with Gasteiger partial charge in [-0.3, -0.25) is 19.3 Å². The second-order valence-electron chi connectivity index (χ2n) is 12.7. The van der Waals surface area contributed by atoms with E-state index in [-0.39, 0.29) is 18.6 Å². The third-order valence-corrected chi connectivity index (χ3v) is 8.86. The smallest absolute Gasteiger partial charge is 0.417 e. The van der Waals surface area contributed by atoms with Crippen molar-refractivity contribution in [1.29, 1.82) is 0 Å². The predicted octanol–water partition coefficient (Wildman–Crippen LogP) is 1.64. The zero-order valence-electron chi connectivity index (χ0n) is 24.3. The molecule has 0 saturated heterocycles. The summed E-state index contributed by atoms with van der Waals surface area (Å²) in [5, 5.41) is 57.3. The lowest BCUT2D eigenvalue weighted by Crippen LogP contribution is -2.63. The first-order chi connectivity index (χ1) is 19.7. The molecule has 3 aliphatic carbocycles. The molecule has 8 N–H and O–H groups in total. The summed E-state index contributed by atoms with van der Waals surface area (Å²) in [5.74, 6) is -9.32. The van der Waals surface area contributed by atoms with Crippen LogP contribution in [0.15, 0.2) is 28.7 Å². The molecule has 0 radical (unpaired) electrons. The van der Waals surface area contributed by atoms with Gasteiger partial charge in [-0.1, -0.05) is 20.8 Å². The Morgan fingerprint density at radius 2 is 1.79 bits per heavy atom. The minimum absolute atomic E-state index is 0.344. The Labute approximate surface area is 245 Å². The first-order valence-electron chi connectivity index (χ1n) is 13.6. The molecule has 14 heteroatoms. The fourth-order valence-corrected chi connectivity index (χ4v) is 6.76. The van der Waals surface area contributed by atoms with Crippen molar-refractivity contribution in [3.63, 3.8) is 0 Å². The summed E-state index contributed by atoms with van der Waals surface area (Å²) in [5.41, 5.74) is -2.43. The molecule has 0 bridgehead atoms. The molecule has 1 aromatic carbocycles. The summed E-state index contributed by atoms with van der Waals surface area (Å²) in [7, 11) is 2.90. The highest BCUT2D eigenvalue weighted by atomic mass is 19.4. The maximum Gasteiger partial charge on any atom is 0.417 e. The molecule has 0 saturated carbocycles. The highest BCUT2D eigenvalue weighted by molar-refractivity contribution is 6.24. The molecular formula is C29H36F3N3O8. The molecule has 0 fully saturated rings. The molecule has 0 heterocycles. The molecule has 1 aromatic rings. The van der Waals surface area contributed by atoms with Crippen molar-refractivity contribution in [2.24, 2.45) is 23.0 Å². The summed E-state index contributed by atoms with van der Waals surface area (Å²) in [6.07, 6.45) is -5.83. The van der Waals surface area contributed by atoms with Crippen molar-refractivity contribution in [2.45, 2.75) is 64.0 Å². The highest BCUT2D eigenvalue weighted by Crippen LogP contribution is 2.53. The molecule has 0 aromatic heterocycles. The van der Waals surface area contributed by atoms with Crippen LogP contribution in [0.2, 0.25) is 0 Å². The van der Waals surface area contributed by atoms with Crippen molar-refractivity contribution < 1.29 is 53.1 Å². The Kier molecular flexibility index (Phi) is 8.01. The lowest BCUT2D eigenvalue weighted by atomic mass is 9.58. The van der Waals surface area contributed by atoms with Gasteiger partial charge < -0.3 is 36.6 Å². The van der Waals surface area contributed by atoms with Crippen LogP contribution >= 0.6 is 0 Å². The van der Waals surface area contributed by atoms with Crippen LogP contribution in [0.5, 0.6) is 5.75 Å². The summed E-state index contributed by atoms with van der Waals surface area (Å²) >= 11 is 0. The number of nitrogens with zero attached hydrogens (tertiary/aromatic N) is 1. The number of carbonyl (C=O) groups is 3. The molecule has 0 spiro atoms. The molecule has 11 nitrogen and oxygen atoms in total. The Morgan fingerprint density at radius 1 is 1.19 bits per heavy atom. The Morgan fingerprint density at radius 3 is 2.28 bits per heavy atom. The fraction of sp³-hybridized carbons (Fsp3) is 0.552. The zero-order chi connectivity index (χ0) is 32.6. The van der Waals surface area contributed by atoms with Gasteiger partial charge in [0.1, 0.15) is 22.8 Å². The molecule has 4 rings (SSSR count). The quantitative estimate of drug-likeness (QED) is 0.233. The van der Waals surface area contributed by atoms with Crippen LogP contribution in [-0.2, 0) is 28.7 Å². The van der Waals surface area contributed by atoms with E-state index in [9.17, 15) is 53.1 Å². The number of nitrogens with one attached hydrogen (secondary N) is 1. The van der Waals surface area contributed by atoms with Crippen LogP contribution in [0.25, 0.3) is 0 Å². The third kappa shape index (κ3) is 4.99. The maximum atomic E-state index is 14.6. The number of fused-ring (bicyclic) bond motifs is 3. The van der Waals surface area contributed by atoms with Gasteiger partial charge in [0, 0.05) is 24.1 Å². The number of benzene rings is 1. The number of alkyl halides is 3. The number of hydrogen-bond donors (Lipinski definition) is 7. The number of aliphatic hydroxyl groups is 4. The van der Waals surface area contributed by atoms with Crippen molar-refractivity contribution in [3.05, 3.63) is 51.0 Å². The molecule has 43 heavy (non-hydrogen) atoms. The number of rotatable bonds is 6. The number of ketones is 2. The first-order valence-corrected chi connectivity index (χ1v) is 13.6. The van der Waals surface area contributed by atoms with Gasteiger partial charge in [0.05, 0.1) is 23.8 Å². The van der Waals surface area contributed by atoms with E-state index in [0.717, 1.165) is 6.07 Å². The van der Waals surface area contributed by atoms with Crippen molar-refractivity contribution in [2.75, 3.05) is 20.7 Å². The lowest BCUT2D eigenvalue weighted by Gasteiger charge is -2.50. The van der Waals surface area contributed by atoms with E-state index >= 15 is 0 Å². The average Bonchev–Trinajstić information content (AvgIpc) is 2.84. The largest absolute Gasteiger partial charge is 0.510 e. The first kappa shape index (κ1) is 32.5. The minimum Gasteiger partial charge on any atom is -0.510 e.